The van der Waals surface area contributed by atoms with Gasteiger partial charge in [-0.15, -0.1) is 0 Å². The van der Waals surface area contributed by atoms with Crippen LogP contribution in [0.5, 0.6) is 0 Å². The van der Waals surface area contributed by atoms with E-state index in [4.69, 9.17) is 32.5 Å². The lowest BCUT2D eigenvalue weighted by atomic mass is 9.55. The van der Waals surface area contributed by atoms with E-state index >= 15 is 0 Å². The molecule has 4 aliphatic carbocycles. The highest BCUT2D eigenvalue weighted by molar-refractivity contribution is 6.39. The van der Waals surface area contributed by atoms with E-state index in [0.717, 1.165) is 79.0 Å². The highest BCUT2D eigenvalue weighted by Gasteiger charge is 2.53. The molecule has 3 aromatic carbocycles. The van der Waals surface area contributed by atoms with Crippen molar-refractivity contribution in [2.24, 2.45) is 5.41 Å². The second-order valence-electron chi connectivity index (χ2n) is 12.1. The summed E-state index contributed by atoms with van der Waals surface area (Å²) in [6, 6.07) is 16.4. The van der Waals surface area contributed by atoms with E-state index in [0.29, 0.717) is 33.8 Å². The minimum atomic E-state index is -0.943. The normalized spacial score (nSPS) is 24.6. The fourth-order valence-electron chi connectivity index (χ4n) is 7.00. The van der Waals surface area contributed by atoms with Gasteiger partial charge in [0.1, 0.15) is 11.5 Å². The first-order chi connectivity index (χ1) is 19.8. The van der Waals surface area contributed by atoms with Gasteiger partial charge in [-0.05, 0) is 98.0 Å². The molecule has 212 valence electrons. The molecular formula is C33H31Cl2NO5. The topological polar surface area (TPSA) is 92.8 Å². The van der Waals surface area contributed by atoms with Crippen LogP contribution >= 0.6 is 23.2 Å². The number of aliphatic hydroxyl groups excluding tert-OH is 1. The molecule has 0 amide bonds. The molecule has 41 heavy (non-hydrogen) atoms. The van der Waals surface area contributed by atoms with Crippen LogP contribution in [0.4, 0.5) is 0 Å². The Hall–Kier alpha value is -2.90. The molecule has 1 unspecified atom stereocenters. The molecule has 2 N–H and O–H groups in total. The molecule has 4 aliphatic rings. The molecule has 4 aromatic rings. The average Bonchev–Trinajstić information content (AvgIpc) is 3.75. The second-order valence-corrected chi connectivity index (χ2v) is 12.9. The van der Waals surface area contributed by atoms with Crippen molar-refractivity contribution in [3.05, 3.63) is 87.1 Å². The fourth-order valence-corrected chi connectivity index (χ4v) is 7.58. The van der Waals surface area contributed by atoms with E-state index in [-0.39, 0.29) is 16.6 Å². The number of nitrogens with zero attached hydrogens (tertiary/aromatic N) is 1. The SMILES string of the molecule is O=C(O)c1ccc2cc(C(O)C34CCC(OCc5c(-c6c(Cl)cccc6Cl)noc5C5CC5)(CC3)CC4)ccc2c1. The van der Waals surface area contributed by atoms with Gasteiger partial charge in [0.15, 0.2) is 0 Å². The monoisotopic (exact) mass is 591 g/mol. The van der Waals surface area contributed by atoms with Gasteiger partial charge in [0, 0.05) is 22.5 Å². The molecule has 4 saturated carbocycles. The van der Waals surface area contributed by atoms with Gasteiger partial charge in [0.05, 0.1) is 33.9 Å². The van der Waals surface area contributed by atoms with Crippen molar-refractivity contribution in [1.29, 1.82) is 0 Å². The molecule has 8 heteroatoms. The van der Waals surface area contributed by atoms with Gasteiger partial charge >= 0.3 is 5.97 Å². The number of hydrogen-bond donors (Lipinski definition) is 2. The van der Waals surface area contributed by atoms with Gasteiger partial charge in [-0.25, -0.2) is 4.79 Å². The van der Waals surface area contributed by atoms with Crippen molar-refractivity contribution in [2.45, 2.75) is 75.6 Å². The largest absolute Gasteiger partial charge is 0.478 e. The van der Waals surface area contributed by atoms with Crippen LogP contribution < -0.4 is 0 Å². The predicted octanol–water partition coefficient (Wildman–Crippen LogP) is 8.72. The minimum Gasteiger partial charge on any atom is -0.478 e. The van der Waals surface area contributed by atoms with E-state index in [1.165, 1.54) is 0 Å². The fraction of sp³-hybridized carbons (Fsp3) is 0.394. The quantitative estimate of drug-likeness (QED) is 0.213. The van der Waals surface area contributed by atoms with Crippen molar-refractivity contribution in [3.8, 4) is 11.3 Å². The molecule has 0 aliphatic heterocycles. The van der Waals surface area contributed by atoms with Crippen LogP contribution in [0.25, 0.3) is 22.0 Å². The van der Waals surface area contributed by atoms with Crippen molar-refractivity contribution in [1.82, 2.24) is 5.16 Å². The third kappa shape index (κ3) is 4.75. The van der Waals surface area contributed by atoms with Crippen LogP contribution in [0, 0.1) is 5.41 Å². The number of aliphatic hydroxyl groups is 1. The highest BCUT2D eigenvalue weighted by Crippen LogP contribution is 2.59. The number of halogens is 2. The number of benzene rings is 3. The molecule has 0 spiro atoms. The summed E-state index contributed by atoms with van der Waals surface area (Å²) in [5.74, 6) is 0.309. The summed E-state index contributed by atoms with van der Waals surface area (Å²) >= 11 is 13.1. The number of ether oxygens (including phenoxy) is 1. The van der Waals surface area contributed by atoms with Gasteiger partial charge in [0.25, 0.3) is 0 Å². The van der Waals surface area contributed by atoms with Crippen LogP contribution in [0.2, 0.25) is 10.0 Å². The first kappa shape index (κ1) is 27.0. The van der Waals surface area contributed by atoms with Crippen LogP contribution in [-0.4, -0.2) is 26.9 Å². The Morgan fingerprint density at radius 1 is 0.976 bits per heavy atom. The van der Waals surface area contributed by atoms with Gasteiger partial charge in [-0.2, -0.15) is 0 Å². The molecule has 0 saturated heterocycles. The maximum atomic E-state index is 11.6. The zero-order chi connectivity index (χ0) is 28.4. The van der Waals surface area contributed by atoms with E-state index < -0.39 is 12.1 Å². The van der Waals surface area contributed by atoms with E-state index in [2.05, 4.69) is 5.16 Å². The Morgan fingerprint density at radius 3 is 2.29 bits per heavy atom. The van der Waals surface area contributed by atoms with Crippen LogP contribution in [0.3, 0.4) is 0 Å². The number of carboxylic acid groups (broad SMARTS) is 1. The standard InChI is InChI=1S/C33H31Cl2NO5/c34-25-2-1-3-26(35)27(25)28-24(29(41-36-28)19-4-5-19)18-40-33-13-10-32(11-14-33,12-15-33)30(37)22-8-6-21-17-23(31(38)39)9-7-20(21)16-22/h1-3,6-9,16-17,19,30,37H,4-5,10-15,18H2,(H,38,39). The lowest BCUT2D eigenvalue weighted by Crippen LogP contribution is -2.49. The molecule has 1 heterocycles. The molecular weight excluding hydrogens is 561 g/mol. The Labute approximate surface area is 248 Å². The summed E-state index contributed by atoms with van der Waals surface area (Å²) < 4.78 is 12.6. The Bertz CT molecular complexity index is 1610. The lowest BCUT2D eigenvalue weighted by molar-refractivity contribution is -0.169. The van der Waals surface area contributed by atoms with Crippen molar-refractivity contribution < 1.29 is 24.3 Å². The number of fused-ring (bicyclic) bond motifs is 4. The summed E-state index contributed by atoms with van der Waals surface area (Å²) in [6.07, 6.45) is 6.87. The molecule has 2 bridgehead atoms. The summed E-state index contributed by atoms with van der Waals surface area (Å²) in [5.41, 5.74) is 3.02. The van der Waals surface area contributed by atoms with E-state index in [9.17, 15) is 15.0 Å². The maximum absolute atomic E-state index is 11.6. The average molecular weight is 593 g/mol. The molecule has 6 nitrogen and oxygen atoms in total. The molecule has 8 rings (SSSR count). The third-order valence-corrected chi connectivity index (χ3v) is 10.4. The minimum absolute atomic E-state index is 0.188. The van der Waals surface area contributed by atoms with Gasteiger partial charge < -0.3 is 19.5 Å². The zero-order valence-corrected chi connectivity index (χ0v) is 24.0. The van der Waals surface area contributed by atoms with Gasteiger partial charge in [-0.3, -0.25) is 0 Å². The van der Waals surface area contributed by atoms with Crippen molar-refractivity contribution >= 4 is 39.9 Å². The first-order valence-corrected chi connectivity index (χ1v) is 15.1. The highest BCUT2D eigenvalue weighted by atomic mass is 35.5. The lowest BCUT2D eigenvalue weighted by Gasteiger charge is -2.55. The Morgan fingerprint density at radius 2 is 1.63 bits per heavy atom. The van der Waals surface area contributed by atoms with Crippen molar-refractivity contribution in [3.63, 3.8) is 0 Å². The smallest absolute Gasteiger partial charge is 0.335 e. The predicted molar refractivity (Wildman–Crippen MR) is 157 cm³/mol. The van der Waals surface area contributed by atoms with E-state index in [1.807, 2.05) is 42.5 Å². The Balaban J connectivity index is 1.08. The molecule has 0 radical (unpaired) electrons. The molecule has 4 fully saturated rings. The number of aromatic nitrogens is 1. The van der Waals surface area contributed by atoms with Gasteiger partial charge in [-0.1, -0.05) is 52.6 Å². The van der Waals surface area contributed by atoms with Crippen LogP contribution in [-0.2, 0) is 11.3 Å². The van der Waals surface area contributed by atoms with Crippen LogP contribution in [0.15, 0.2) is 59.1 Å². The first-order valence-electron chi connectivity index (χ1n) is 14.3. The summed E-state index contributed by atoms with van der Waals surface area (Å²) in [6.45, 7) is 0.394. The summed E-state index contributed by atoms with van der Waals surface area (Å²) in [5, 5.41) is 28.2. The molecule has 1 atom stereocenters. The Kier molecular flexibility index (Phi) is 6.66. The summed E-state index contributed by atoms with van der Waals surface area (Å²) in [4.78, 5) is 11.3. The second kappa shape index (κ2) is 10.1. The third-order valence-electron chi connectivity index (χ3n) is 9.73. The zero-order valence-electron chi connectivity index (χ0n) is 22.5. The number of rotatable bonds is 8. The number of aromatic carboxylic acids is 1. The maximum Gasteiger partial charge on any atom is 0.335 e. The number of carbonyl (C=O) groups is 1. The van der Waals surface area contributed by atoms with Crippen LogP contribution in [0.1, 0.15) is 90.6 Å². The molecule has 1 aromatic heterocycles. The number of hydrogen-bond acceptors (Lipinski definition) is 5. The van der Waals surface area contributed by atoms with Gasteiger partial charge in [0.2, 0.25) is 0 Å². The van der Waals surface area contributed by atoms with E-state index in [1.54, 1.807) is 12.1 Å². The van der Waals surface area contributed by atoms with Crippen molar-refractivity contribution in [2.75, 3.05) is 0 Å². The summed E-state index contributed by atoms with van der Waals surface area (Å²) in [7, 11) is 0. The number of carboxylic acids is 1.